The molecule has 2 rings (SSSR count). The summed E-state index contributed by atoms with van der Waals surface area (Å²) in [5.41, 5.74) is 4.74. The molecular formula is C17H28ClNO5. The van der Waals surface area contributed by atoms with Gasteiger partial charge in [0.25, 0.3) is 0 Å². The van der Waals surface area contributed by atoms with Gasteiger partial charge in [-0.2, -0.15) is 0 Å². The Labute approximate surface area is 149 Å². The Balaban J connectivity index is 0.00000288. The molecular weight excluding hydrogens is 334 g/mol. The molecule has 0 unspecified atom stereocenters. The van der Waals surface area contributed by atoms with Crippen LogP contribution < -0.4 is 18.1 Å². The standard InChI is InChI=1S/C17H27NO5.ClH/c1-10(2)9-21-14-6-4-5-13(18)17(20)22-11(3)15(14)23-16(19)12-7-8-12;/h11-15H,1,4-9,18H2,2-3H3;1H/t11-,13-,14-,15-;/m0./s1. The van der Waals surface area contributed by atoms with E-state index >= 15 is 0 Å². The first-order valence-electron chi connectivity index (χ1n) is 8.38. The second kappa shape index (κ2) is 9.39. The average Bonchev–Trinajstić information content (AvgIpc) is 3.31. The molecule has 0 aromatic carbocycles. The number of rotatable bonds is 5. The van der Waals surface area contributed by atoms with E-state index in [1.165, 1.54) is 0 Å². The average molecular weight is 362 g/mol. The van der Waals surface area contributed by atoms with Crippen molar-refractivity contribution in [3.8, 4) is 0 Å². The molecule has 0 bridgehead atoms. The van der Waals surface area contributed by atoms with E-state index in [2.05, 4.69) is 12.3 Å². The minimum Gasteiger partial charge on any atom is -1.00 e. The van der Waals surface area contributed by atoms with E-state index in [9.17, 15) is 9.59 Å². The number of ether oxygens (including phenoxy) is 3. The van der Waals surface area contributed by atoms with Crippen LogP contribution in [0.4, 0.5) is 0 Å². The predicted octanol–water partition coefficient (Wildman–Crippen LogP) is -2.00. The zero-order valence-corrected chi connectivity index (χ0v) is 15.2. The van der Waals surface area contributed by atoms with Gasteiger partial charge in [-0.25, -0.2) is 4.79 Å². The second-order valence-electron chi connectivity index (χ2n) is 6.75. The van der Waals surface area contributed by atoms with E-state index in [0.29, 0.717) is 19.4 Å². The first kappa shape index (κ1) is 20.9. The largest absolute Gasteiger partial charge is 1.00 e. The zero-order chi connectivity index (χ0) is 17.0. The van der Waals surface area contributed by atoms with Crippen LogP contribution in [0.15, 0.2) is 12.2 Å². The molecule has 1 heterocycles. The van der Waals surface area contributed by atoms with E-state index in [1.807, 2.05) is 6.92 Å². The fourth-order valence-electron chi connectivity index (χ4n) is 2.64. The number of esters is 2. The molecule has 1 aliphatic carbocycles. The van der Waals surface area contributed by atoms with Gasteiger partial charge in [0.2, 0.25) is 0 Å². The van der Waals surface area contributed by atoms with Gasteiger partial charge in [0.15, 0.2) is 12.1 Å². The van der Waals surface area contributed by atoms with Crippen molar-refractivity contribution in [2.75, 3.05) is 6.61 Å². The minimum absolute atomic E-state index is 0. The number of quaternary nitrogens is 1. The highest BCUT2D eigenvalue weighted by Gasteiger charge is 2.40. The molecule has 138 valence electrons. The highest BCUT2D eigenvalue weighted by Crippen LogP contribution is 2.32. The van der Waals surface area contributed by atoms with Crippen LogP contribution in [0.25, 0.3) is 0 Å². The van der Waals surface area contributed by atoms with Gasteiger partial charge in [-0.1, -0.05) is 12.2 Å². The van der Waals surface area contributed by atoms with Crippen molar-refractivity contribution in [2.45, 2.75) is 70.3 Å². The summed E-state index contributed by atoms with van der Waals surface area (Å²) < 4.78 is 17.0. The Bertz CT molecular complexity index is 466. The quantitative estimate of drug-likeness (QED) is 0.452. The number of carbonyl (C=O) groups excluding carboxylic acids is 2. The molecule has 0 amide bonds. The van der Waals surface area contributed by atoms with E-state index < -0.39 is 18.2 Å². The van der Waals surface area contributed by atoms with Crippen LogP contribution in [0.1, 0.15) is 46.0 Å². The molecule has 1 saturated carbocycles. The molecule has 7 heteroatoms. The van der Waals surface area contributed by atoms with Crippen LogP contribution >= 0.6 is 0 Å². The third kappa shape index (κ3) is 6.07. The number of carbonyl (C=O) groups is 2. The molecule has 0 aromatic rings. The van der Waals surface area contributed by atoms with Gasteiger partial charge in [-0.15, -0.1) is 0 Å². The second-order valence-corrected chi connectivity index (χ2v) is 6.75. The lowest BCUT2D eigenvalue weighted by Crippen LogP contribution is -3.00. The van der Waals surface area contributed by atoms with Crippen molar-refractivity contribution in [1.29, 1.82) is 0 Å². The van der Waals surface area contributed by atoms with Gasteiger partial charge in [-0.05, 0) is 39.5 Å². The molecule has 3 N–H and O–H groups in total. The molecule has 6 nitrogen and oxygen atoms in total. The Morgan fingerprint density at radius 1 is 1.33 bits per heavy atom. The third-order valence-electron chi connectivity index (χ3n) is 4.21. The predicted molar refractivity (Wildman–Crippen MR) is 83.2 cm³/mol. The normalized spacial score (nSPS) is 30.9. The molecule has 0 spiro atoms. The SMILES string of the molecule is C=C(C)CO[C@H]1CCC[C@H]([NH3+])C(=O)O[C@@H](C)[C@@H]1OC(=O)C1CC1.[Cl-]. The fourth-order valence-corrected chi connectivity index (χ4v) is 2.64. The Hall–Kier alpha value is -1.11. The van der Waals surface area contributed by atoms with Crippen LogP contribution in [0, 0.1) is 5.92 Å². The lowest BCUT2D eigenvalue weighted by Gasteiger charge is -2.30. The highest BCUT2D eigenvalue weighted by molar-refractivity contribution is 5.75. The molecule has 0 aromatic heterocycles. The van der Waals surface area contributed by atoms with Gasteiger partial charge >= 0.3 is 11.9 Å². The maximum absolute atomic E-state index is 12.1. The van der Waals surface area contributed by atoms with E-state index in [-0.39, 0.29) is 36.4 Å². The molecule has 2 aliphatic rings. The summed E-state index contributed by atoms with van der Waals surface area (Å²) in [6.07, 6.45) is 2.41. The number of halogens is 1. The molecule has 4 atom stereocenters. The molecule has 24 heavy (non-hydrogen) atoms. The topological polar surface area (TPSA) is 89.5 Å². The highest BCUT2D eigenvalue weighted by atomic mass is 35.5. The van der Waals surface area contributed by atoms with Crippen molar-refractivity contribution in [3.05, 3.63) is 12.2 Å². The maximum Gasteiger partial charge on any atom is 0.365 e. The number of hydrogen-bond acceptors (Lipinski definition) is 5. The first-order chi connectivity index (χ1) is 10.9. The summed E-state index contributed by atoms with van der Waals surface area (Å²) in [6, 6.07) is -0.392. The van der Waals surface area contributed by atoms with E-state index in [1.54, 1.807) is 6.92 Å². The maximum atomic E-state index is 12.1. The number of hydrogen-bond donors (Lipinski definition) is 1. The van der Waals surface area contributed by atoms with Crippen molar-refractivity contribution in [1.82, 2.24) is 0 Å². The summed E-state index contributed by atoms with van der Waals surface area (Å²) in [5.74, 6) is -0.564. The Morgan fingerprint density at radius 2 is 2.00 bits per heavy atom. The first-order valence-corrected chi connectivity index (χ1v) is 8.38. The van der Waals surface area contributed by atoms with Crippen molar-refractivity contribution >= 4 is 11.9 Å². The smallest absolute Gasteiger partial charge is 0.365 e. The van der Waals surface area contributed by atoms with Crippen molar-refractivity contribution < 1.29 is 41.9 Å². The summed E-state index contributed by atoms with van der Waals surface area (Å²) in [4.78, 5) is 24.1. The van der Waals surface area contributed by atoms with E-state index in [4.69, 9.17) is 14.2 Å². The molecule has 1 saturated heterocycles. The monoisotopic (exact) mass is 361 g/mol. The Kier molecular flexibility index (Phi) is 8.19. The van der Waals surface area contributed by atoms with E-state index in [0.717, 1.165) is 24.8 Å². The van der Waals surface area contributed by atoms with Gasteiger partial charge < -0.3 is 32.4 Å². The lowest BCUT2D eigenvalue weighted by molar-refractivity contribution is -0.410. The van der Waals surface area contributed by atoms with Crippen LogP contribution in [-0.4, -0.2) is 42.9 Å². The lowest BCUT2D eigenvalue weighted by atomic mass is 10.0. The summed E-state index contributed by atoms with van der Waals surface area (Å²) in [7, 11) is 0. The van der Waals surface area contributed by atoms with Gasteiger partial charge in [-0.3, -0.25) is 4.79 Å². The molecule has 2 fully saturated rings. The zero-order valence-electron chi connectivity index (χ0n) is 14.5. The minimum atomic E-state index is -0.586. The molecule has 1 aliphatic heterocycles. The van der Waals surface area contributed by atoms with Crippen LogP contribution in [0.3, 0.4) is 0 Å². The fraction of sp³-hybridized carbons (Fsp3) is 0.765. The van der Waals surface area contributed by atoms with Crippen LogP contribution in [-0.2, 0) is 23.8 Å². The Morgan fingerprint density at radius 3 is 2.58 bits per heavy atom. The summed E-state index contributed by atoms with van der Waals surface area (Å²) >= 11 is 0. The molecule has 0 radical (unpaired) electrons. The van der Waals surface area contributed by atoms with Crippen LogP contribution in [0.5, 0.6) is 0 Å². The van der Waals surface area contributed by atoms with Gasteiger partial charge in [0.05, 0.1) is 18.6 Å². The third-order valence-corrected chi connectivity index (χ3v) is 4.21. The van der Waals surface area contributed by atoms with Gasteiger partial charge in [0, 0.05) is 6.42 Å². The van der Waals surface area contributed by atoms with Crippen molar-refractivity contribution in [3.63, 3.8) is 0 Å². The van der Waals surface area contributed by atoms with Crippen LogP contribution in [0.2, 0.25) is 0 Å². The number of cyclic esters (lactones) is 1. The summed E-state index contributed by atoms with van der Waals surface area (Å²) in [5, 5.41) is 0. The van der Waals surface area contributed by atoms with Crippen molar-refractivity contribution in [2.24, 2.45) is 5.92 Å². The van der Waals surface area contributed by atoms with Gasteiger partial charge in [0.1, 0.15) is 6.10 Å². The summed E-state index contributed by atoms with van der Waals surface area (Å²) in [6.45, 7) is 7.87.